The molecule has 0 aliphatic carbocycles. The van der Waals surface area contributed by atoms with E-state index in [2.05, 4.69) is 10.2 Å². The second-order valence-electron chi connectivity index (χ2n) is 5.57. The fourth-order valence-electron chi connectivity index (χ4n) is 2.76. The van der Waals surface area contributed by atoms with Crippen LogP contribution in [0.1, 0.15) is 31.2 Å². The van der Waals surface area contributed by atoms with Crippen molar-refractivity contribution in [1.29, 1.82) is 0 Å². The lowest BCUT2D eigenvalue weighted by Crippen LogP contribution is -2.42. The number of likely N-dealkylation sites (tertiary alicyclic amines) is 1. The summed E-state index contributed by atoms with van der Waals surface area (Å²) in [5.74, 6) is -0.00375. The van der Waals surface area contributed by atoms with E-state index in [4.69, 9.17) is 0 Å². The minimum absolute atomic E-state index is 0.00375. The molecule has 0 spiro atoms. The zero-order valence-electron chi connectivity index (χ0n) is 12.1. The summed E-state index contributed by atoms with van der Waals surface area (Å²) in [7, 11) is 0. The van der Waals surface area contributed by atoms with Crippen molar-refractivity contribution in [3.8, 4) is 0 Å². The third-order valence-corrected chi connectivity index (χ3v) is 3.86. The van der Waals surface area contributed by atoms with Gasteiger partial charge in [0, 0.05) is 11.7 Å². The SMILES string of the molecule is Cc1cccc(NC(=O)CN2CCCCCC2CO)c1. The Kier molecular flexibility index (Phi) is 5.56. The van der Waals surface area contributed by atoms with Gasteiger partial charge in [-0.25, -0.2) is 0 Å². The van der Waals surface area contributed by atoms with Gasteiger partial charge in [-0.1, -0.05) is 25.0 Å². The Hall–Kier alpha value is -1.39. The maximum absolute atomic E-state index is 12.1. The van der Waals surface area contributed by atoms with Gasteiger partial charge in [0.2, 0.25) is 5.91 Å². The number of hydrogen-bond donors (Lipinski definition) is 2. The molecule has 0 aromatic heterocycles. The summed E-state index contributed by atoms with van der Waals surface area (Å²) in [5.41, 5.74) is 1.97. The fraction of sp³-hybridized carbons (Fsp3) is 0.562. The van der Waals surface area contributed by atoms with Crippen molar-refractivity contribution in [2.24, 2.45) is 0 Å². The largest absolute Gasteiger partial charge is 0.395 e. The molecule has 0 saturated carbocycles. The molecule has 4 nitrogen and oxygen atoms in total. The van der Waals surface area contributed by atoms with Crippen molar-refractivity contribution >= 4 is 11.6 Å². The van der Waals surface area contributed by atoms with Crippen LogP contribution in [0.4, 0.5) is 5.69 Å². The molecule has 0 radical (unpaired) electrons. The molecule has 1 aromatic carbocycles. The van der Waals surface area contributed by atoms with Gasteiger partial charge in [0.1, 0.15) is 0 Å². The van der Waals surface area contributed by atoms with Crippen molar-refractivity contribution in [2.45, 2.75) is 38.6 Å². The number of aliphatic hydroxyl groups is 1. The van der Waals surface area contributed by atoms with Gasteiger partial charge < -0.3 is 10.4 Å². The summed E-state index contributed by atoms with van der Waals surface area (Å²) in [6, 6.07) is 7.93. The summed E-state index contributed by atoms with van der Waals surface area (Å²) < 4.78 is 0. The summed E-state index contributed by atoms with van der Waals surface area (Å²) >= 11 is 0. The van der Waals surface area contributed by atoms with E-state index in [-0.39, 0.29) is 18.6 Å². The zero-order valence-corrected chi connectivity index (χ0v) is 12.1. The lowest BCUT2D eigenvalue weighted by molar-refractivity contribution is -0.118. The molecule has 4 heteroatoms. The lowest BCUT2D eigenvalue weighted by atomic mass is 10.1. The van der Waals surface area contributed by atoms with Gasteiger partial charge in [0.15, 0.2) is 0 Å². The van der Waals surface area contributed by atoms with Crippen molar-refractivity contribution in [2.75, 3.05) is 25.0 Å². The molecule has 1 atom stereocenters. The number of aliphatic hydroxyl groups excluding tert-OH is 1. The highest BCUT2D eigenvalue weighted by Crippen LogP contribution is 2.16. The highest BCUT2D eigenvalue weighted by molar-refractivity contribution is 5.92. The summed E-state index contributed by atoms with van der Waals surface area (Å²) in [6.45, 7) is 3.40. The van der Waals surface area contributed by atoms with Gasteiger partial charge in [0.05, 0.1) is 13.2 Å². The quantitative estimate of drug-likeness (QED) is 0.886. The van der Waals surface area contributed by atoms with E-state index in [0.29, 0.717) is 6.54 Å². The molecule has 2 rings (SSSR count). The smallest absolute Gasteiger partial charge is 0.238 e. The molecule has 110 valence electrons. The Balaban J connectivity index is 1.92. The lowest BCUT2D eigenvalue weighted by Gasteiger charge is -2.27. The molecule has 1 aromatic rings. The highest BCUT2D eigenvalue weighted by Gasteiger charge is 2.22. The van der Waals surface area contributed by atoms with Crippen molar-refractivity contribution in [1.82, 2.24) is 4.90 Å². The average Bonchev–Trinajstić information content (AvgIpc) is 2.63. The molecule has 1 heterocycles. The summed E-state index contributed by atoms with van der Waals surface area (Å²) in [6.07, 6.45) is 4.41. The van der Waals surface area contributed by atoms with Crippen molar-refractivity contribution < 1.29 is 9.90 Å². The average molecular weight is 276 g/mol. The Morgan fingerprint density at radius 3 is 3.00 bits per heavy atom. The van der Waals surface area contributed by atoms with Crippen molar-refractivity contribution in [3.05, 3.63) is 29.8 Å². The number of aryl methyl sites for hydroxylation is 1. The Morgan fingerprint density at radius 1 is 1.40 bits per heavy atom. The van der Waals surface area contributed by atoms with Crippen molar-refractivity contribution in [3.63, 3.8) is 0 Å². The first-order valence-electron chi connectivity index (χ1n) is 7.40. The van der Waals surface area contributed by atoms with Gasteiger partial charge in [-0.05, 0) is 44.0 Å². The van der Waals surface area contributed by atoms with Gasteiger partial charge in [0.25, 0.3) is 0 Å². The van der Waals surface area contributed by atoms with Crippen LogP contribution in [0, 0.1) is 6.92 Å². The minimum Gasteiger partial charge on any atom is -0.395 e. The Bertz CT molecular complexity index is 448. The third kappa shape index (κ3) is 4.32. The molecule has 20 heavy (non-hydrogen) atoms. The predicted octanol–water partition coefficient (Wildman–Crippen LogP) is 2.17. The van der Waals surface area contributed by atoms with E-state index in [1.807, 2.05) is 31.2 Å². The number of rotatable bonds is 4. The van der Waals surface area contributed by atoms with Crippen LogP contribution in [0.5, 0.6) is 0 Å². The number of nitrogens with one attached hydrogen (secondary N) is 1. The number of carbonyl (C=O) groups is 1. The number of hydrogen-bond acceptors (Lipinski definition) is 3. The predicted molar refractivity (Wildman–Crippen MR) is 80.7 cm³/mol. The zero-order chi connectivity index (χ0) is 14.4. The van der Waals surface area contributed by atoms with Crippen LogP contribution in [0.15, 0.2) is 24.3 Å². The van der Waals surface area contributed by atoms with Crippen LogP contribution >= 0.6 is 0 Å². The molecule has 1 saturated heterocycles. The molecular formula is C16H24N2O2. The van der Waals surface area contributed by atoms with Gasteiger partial charge in [-0.2, -0.15) is 0 Å². The van der Waals surface area contributed by atoms with Crippen LogP contribution in [0.2, 0.25) is 0 Å². The standard InChI is InChI=1S/C16H24N2O2/c1-13-6-5-7-14(10-13)17-16(20)11-18-9-4-2-3-8-15(18)12-19/h5-7,10,15,19H,2-4,8-9,11-12H2,1H3,(H,17,20). The van der Waals surface area contributed by atoms with Gasteiger partial charge in [-0.15, -0.1) is 0 Å². The molecule has 1 aliphatic heterocycles. The number of anilines is 1. The molecule has 0 bridgehead atoms. The minimum atomic E-state index is -0.00375. The van der Waals surface area contributed by atoms with Gasteiger partial charge >= 0.3 is 0 Å². The van der Waals surface area contributed by atoms with E-state index >= 15 is 0 Å². The summed E-state index contributed by atoms with van der Waals surface area (Å²) in [5, 5.41) is 12.4. The van der Waals surface area contributed by atoms with E-state index in [9.17, 15) is 9.90 Å². The molecule has 1 amide bonds. The number of carbonyl (C=O) groups excluding carboxylic acids is 1. The molecule has 1 fully saturated rings. The Morgan fingerprint density at radius 2 is 2.25 bits per heavy atom. The first-order chi connectivity index (χ1) is 9.69. The van der Waals surface area contributed by atoms with E-state index in [1.165, 1.54) is 6.42 Å². The van der Waals surface area contributed by atoms with Crippen LogP contribution in [0.3, 0.4) is 0 Å². The number of nitrogens with zero attached hydrogens (tertiary/aromatic N) is 1. The molecular weight excluding hydrogens is 252 g/mol. The van der Waals surface area contributed by atoms with Gasteiger partial charge in [-0.3, -0.25) is 9.69 Å². The molecule has 1 aliphatic rings. The second-order valence-corrected chi connectivity index (χ2v) is 5.57. The number of amides is 1. The van der Waals surface area contributed by atoms with E-state index < -0.39 is 0 Å². The van der Waals surface area contributed by atoms with E-state index in [1.54, 1.807) is 0 Å². The van der Waals surface area contributed by atoms with Crippen LogP contribution in [-0.4, -0.2) is 41.7 Å². The Labute approximate surface area is 120 Å². The van der Waals surface area contributed by atoms with Crippen LogP contribution in [0.25, 0.3) is 0 Å². The monoisotopic (exact) mass is 276 g/mol. The molecule has 2 N–H and O–H groups in total. The maximum atomic E-state index is 12.1. The second kappa shape index (κ2) is 7.41. The fourth-order valence-corrected chi connectivity index (χ4v) is 2.76. The third-order valence-electron chi connectivity index (χ3n) is 3.86. The topological polar surface area (TPSA) is 52.6 Å². The normalized spacial score (nSPS) is 20.4. The molecule has 1 unspecified atom stereocenters. The highest BCUT2D eigenvalue weighted by atomic mass is 16.3. The first-order valence-corrected chi connectivity index (χ1v) is 7.40. The van der Waals surface area contributed by atoms with Crippen LogP contribution in [-0.2, 0) is 4.79 Å². The number of benzene rings is 1. The van der Waals surface area contributed by atoms with Crippen LogP contribution < -0.4 is 5.32 Å². The first kappa shape index (κ1) is 15.0. The maximum Gasteiger partial charge on any atom is 0.238 e. The summed E-state index contributed by atoms with van der Waals surface area (Å²) in [4.78, 5) is 14.2. The van der Waals surface area contributed by atoms with E-state index in [0.717, 1.165) is 37.1 Å².